The second kappa shape index (κ2) is 11.9. The van der Waals surface area contributed by atoms with E-state index in [4.69, 9.17) is 16.3 Å². The molecule has 0 spiro atoms. The number of imide groups is 1. The van der Waals surface area contributed by atoms with E-state index < -0.39 is 11.8 Å². The van der Waals surface area contributed by atoms with Crippen LogP contribution in [0.25, 0.3) is 0 Å². The highest BCUT2D eigenvalue weighted by molar-refractivity contribution is 7.99. The van der Waals surface area contributed by atoms with Crippen molar-refractivity contribution in [3.63, 3.8) is 0 Å². The molecule has 1 aromatic heterocycles. The third kappa shape index (κ3) is 7.33. The standard InChI is InChI=1S/C24H27ClN4O3S/c1-4-17-5-11-20(12-6-17)32-14-21-27-28-24(29(21)13-16(2)3)33-15-22(30)26-23(31)18-7-9-19(25)10-8-18/h5-12,16H,4,13-15H2,1-3H3,(H,26,30,31). The van der Waals surface area contributed by atoms with E-state index in [9.17, 15) is 9.59 Å². The number of aromatic nitrogens is 3. The lowest BCUT2D eigenvalue weighted by Crippen LogP contribution is -2.31. The SMILES string of the molecule is CCc1ccc(OCc2nnc(SCC(=O)NC(=O)c3ccc(Cl)cc3)n2CC(C)C)cc1. The summed E-state index contributed by atoms with van der Waals surface area (Å²) in [5.74, 6) is 0.957. The van der Waals surface area contributed by atoms with Gasteiger partial charge in [-0.25, -0.2) is 0 Å². The number of hydrogen-bond acceptors (Lipinski definition) is 6. The number of amides is 2. The Morgan fingerprint density at radius 1 is 1.09 bits per heavy atom. The van der Waals surface area contributed by atoms with Gasteiger partial charge in [0.25, 0.3) is 5.91 Å². The first-order valence-corrected chi connectivity index (χ1v) is 12.1. The summed E-state index contributed by atoms with van der Waals surface area (Å²) in [6.07, 6.45) is 0.975. The minimum atomic E-state index is -0.468. The highest BCUT2D eigenvalue weighted by Gasteiger charge is 2.17. The maximum absolute atomic E-state index is 12.3. The molecule has 0 saturated carbocycles. The van der Waals surface area contributed by atoms with Crippen molar-refractivity contribution in [3.8, 4) is 5.75 Å². The molecule has 3 rings (SSSR count). The fraction of sp³-hybridized carbons (Fsp3) is 0.333. The number of carbonyl (C=O) groups is 2. The molecule has 3 aromatic rings. The maximum atomic E-state index is 12.3. The summed E-state index contributed by atoms with van der Waals surface area (Å²) in [6, 6.07) is 14.3. The predicted molar refractivity (Wildman–Crippen MR) is 130 cm³/mol. The highest BCUT2D eigenvalue weighted by Crippen LogP contribution is 2.20. The first kappa shape index (κ1) is 24.8. The van der Waals surface area contributed by atoms with Gasteiger partial charge in [-0.15, -0.1) is 10.2 Å². The molecule has 0 aliphatic rings. The van der Waals surface area contributed by atoms with Gasteiger partial charge >= 0.3 is 0 Å². The third-order valence-electron chi connectivity index (χ3n) is 4.73. The lowest BCUT2D eigenvalue weighted by atomic mass is 10.2. The number of benzene rings is 2. The predicted octanol–water partition coefficient (Wildman–Crippen LogP) is 4.78. The molecule has 2 amide bonds. The van der Waals surface area contributed by atoms with Gasteiger partial charge < -0.3 is 9.30 Å². The molecular formula is C24H27ClN4O3S. The van der Waals surface area contributed by atoms with E-state index in [2.05, 4.69) is 36.3 Å². The molecule has 1 heterocycles. The van der Waals surface area contributed by atoms with Crippen LogP contribution < -0.4 is 10.1 Å². The van der Waals surface area contributed by atoms with Gasteiger partial charge in [0, 0.05) is 17.1 Å². The van der Waals surface area contributed by atoms with Gasteiger partial charge in [-0.1, -0.05) is 56.3 Å². The van der Waals surface area contributed by atoms with Crippen LogP contribution in [-0.2, 0) is 24.4 Å². The fourth-order valence-corrected chi connectivity index (χ4v) is 3.91. The molecule has 0 saturated heterocycles. The lowest BCUT2D eigenvalue weighted by Gasteiger charge is -2.13. The minimum absolute atomic E-state index is 0.0366. The van der Waals surface area contributed by atoms with Crippen molar-refractivity contribution in [2.75, 3.05) is 5.75 Å². The van der Waals surface area contributed by atoms with E-state index in [1.807, 2.05) is 28.8 Å². The summed E-state index contributed by atoms with van der Waals surface area (Å²) in [7, 11) is 0. The van der Waals surface area contributed by atoms with E-state index in [1.54, 1.807) is 24.3 Å². The first-order valence-electron chi connectivity index (χ1n) is 10.7. The van der Waals surface area contributed by atoms with Crippen molar-refractivity contribution in [2.24, 2.45) is 5.92 Å². The Balaban J connectivity index is 1.60. The molecule has 174 valence electrons. The molecule has 33 heavy (non-hydrogen) atoms. The van der Waals surface area contributed by atoms with E-state index in [0.29, 0.717) is 34.0 Å². The number of hydrogen-bond donors (Lipinski definition) is 1. The van der Waals surface area contributed by atoms with Crippen molar-refractivity contribution >= 4 is 35.2 Å². The van der Waals surface area contributed by atoms with Crippen molar-refractivity contribution in [2.45, 2.75) is 45.5 Å². The number of nitrogens with one attached hydrogen (secondary N) is 1. The summed E-state index contributed by atoms with van der Waals surface area (Å²) in [5, 5.41) is 12.0. The number of carbonyl (C=O) groups excluding carboxylic acids is 2. The molecule has 9 heteroatoms. The van der Waals surface area contributed by atoms with Crippen LogP contribution in [0.5, 0.6) is 5.75 Å². The Morgan fingerprint density at radius 2 is 1.79 bits per heavy atom. The molecule has 0 atom stereocenters. The second-order valence-electron chi connectivity index (χ2n) is 7.86. The molecule has 1 N–H and O–H groups in total. The Labute approximate surface area is 202 Å². The highest BCUT2D eigenvalue weighted by atomic mass is 35.5. The van der Waals surface area contributed by atoms with Crippen LogP contribution in [0, 0.1) is 5.92 Å². The first-order chi connectivity index (χ1) is 15.9. The van der Waals surface area contributed by atoms with Crippen LogP contribution in [0.3, 0.4) is 0 Å². The van der Waals surface area contributed by atoms with Gasteiger partial charge in [0.1, 0.15) is 12.4 Å². The van der Waals surface area contributed by atoms with Crippen LogP contribution >= 0.6 is 23.4 Å². The van der Waals surface area contributed by atoms with Gasteiger partial charge in [-0.05, 0) is 54.3 Å². The van der Waals surface area contributed by atoms with Gasteiger partial charge in [-0.3, -0.25) is 14.9 Å². The van der Waals surface area contributed by atoms with E-state index in [0.717, 1.165) is 12.2 Å². The monoisotopic (exact) mass is 486 g/mol. The number of rotatable bonds is 10. The second-order valence-corrected chi connectivity index (χ2v) is 9.24. The Hall–Kier alpha value is -2.84. The van der Waals surface area contributed by atoms with Gasteiger partial charge in [-0.2, -0.15) is 0 Å². The molecule has 0 bridgehead atoms. The smallest absolute Gasteiger partial charge is 0.257 e. The van der Waals surface area contributed by atoms with Gasteiger partial charge in [0.15, 0.2) is 11.0 Å². The molecule has 2 aromatic carbocycles. The lowest BCUT2D eigenvalue weighted by molar-refractivity contribution is -0.117. The van der Waals surface area contributed by atoms with Gasteiger partial charge in [0.2, 0.25) is 5.91 Å². The largest absolute Gasteiger partial charge is 0.486 e. The molecule has 0 unspecified atom stereocenters. The van der Waals surface area contributed by atoms with E-state index in [-0.39, 0.29) is 12.4 Å². The van der Waals surface area contributed by atoms with E-state index >= 15 is 0 Å². The minimum Gasteiger partial charge on any atom is -0.486 e. The quantitative estimate of drug-likeness (QED) is 0.415. The van der Waals surface area contributed by atoms with Crippen LogP contribution in [-0.4, -0.2) is 32.3 Å². The van der Waals surface area contributed by atoms with Crippen molar-refractivity contribution in [3.05, 3.63) is 70.5 Å². The van der Waals surface area contributed by atoms with Crippen LogP contribution in [0.4, 0.5) is 0 Å². The average molecular weight is 487 g/mol. The zero-order chi connectivity index (χ0) is 23.8. The summed E-state index contributed by atoms with van der Waals surface area (Å²) in [6.45, 7) is 7.26. The third-order valence-corrected chi connectivity index (χ3v) is 5.95. The summed E-state index contributed by atoms with van der Waals surface area (Å²) in [4.78, 5) is 24.5. The fourth-order valence-electron chi connectivity index (χ4n) is 3.02. The van der Waals surface area contributed by atoms with Crippen molar-refractivity contribution in [1.82, 2.24) is 20.1 Å². The molecule has 0 aliphatic carbocycles. The number of aryl methyl sites for hydroxylation is 1. The Morgan fingerprint density at radius 3 is 2.42 bits per heavy atom. The maximum Gasteiger partial charge on any atom is 0.257 e. The number of thioether (sulfide) groups is 1. The number of ether oxygens (including phenoxy) is 1. The molecule has 0 fully saturated rings. The van der Waals surface area contributed by atoms with Crippen LogP contribution in [0.15, 0.2) is 53.7 Å². The summed E-state index contributed by atoms with van der Waals surface area (Å²) in [5.41, 5.74) is 1.61. The van der Waals surface area contributed by atoms with E-state index in [1.165, 1.54) is 17.3 Å². The number of halogens is 1. The molecule has 7 nitrogen and oxygen atoms in total. The summed E-state index contributed by atoms with van der Waals surface area (Å²) >= 11 is 7.07. The zero-order valence-corrected chi connectivity index (χ0v) is 20.4. The number of nitrogens with zero attached hydrogens (tertiary/aromatic N) is 3. The van der Waals surface area contributed by atoms with Crippen LogP contribution in [0.2, 0.25) is 5.02 Å². The topological polar surface area (TPSA) is 86.1 Å². The van der Waals surface area contributed by atoms with Crippen molar-refractivity contribution < 1.29 is 14.3 Å². The molecule has 0 aliphatic heterocycles. The van der Waals surface area contributed by atoms with Crippen molar-refractivity contribution in [1.29, 1.82) is 0 Å². The van der Waals surface area contributed by atoms with Crippen LogP contribution in [0.1, 0.15) is 42.5 Å². The Kier molecular flexibility index (Phi) is 8.91. The molecule has 0 radical (unpaired) electrons. The molecular weight excluding hydrogens is 460 g/mol. The summed E-state index contributed by atoms with van der Waals surface area (Å²) < 4.78 is 7.86. The van der Waals surface area contributed by atoms with Gasteiger partial charge in [0.05, 0.1) is 5.75 Å². The average Bonchev–Trinajstić information content (AvgIpc) is 3.17. The normalized spacial score (nSPS) is 10.9. The Bertz CT molecular complexity index is 1080. The zero-order valence-electron chi connectivity index (χ0n) is 18.9.